The molecular weight excluding hydrogens is 338 g/mol. The zero-order valence-electron chi connectivity index (χ0n) is 14.5. The van der Waals surface area contributed by atoms with Gasteiger partial charge in [-0.1, -0.05) is 44.9 Å². The Kier molecular flexibility index (Phi) is 7.37. The lowest BCUT2D eigenvalue weighted by molar-refractivity contribution is -0.120. The Morgan fingerprint density at radius 1 is 1.21 bits per heavy atom. The minimum atomic E-state index is -0.198. The molecule has 4 nitrogen and oxygen atoms in total. The highest BCUT2D eigenvalue weighted by molar-refractivity contribution is 8.00. The van der Waals surface area contributed by atoms with Crippen molar-refractivity contribution in [3.8, 4) is 0 Å². The second kappa shape index (κ2) is 9.28. The summed E-state index contributed by atoms with van der Waals surface area (Å²) in [6, 6.07) is 10.3. The van der Waals surface area contributed by atoms with E-state index in [9.17, 15) is 4.79 Å². The fraction of sp³-hybridized carbons (Fsp3) is 0.556. The molecule has 0 radical (unpaired) electrons. The van der Waals surface area contributed by atoms with E-state index in [0.29, 0.717) is 23.0 Å². The first kappa shape index (κ1) is 19.1. The van der Waals surface area contributed by atoms with Crippen LogP contribution in [0.1, 0.15) is 40.0 Å². The molecule has 1 aromatic rings. The van der Waals surface area contributed by atoms with Gasteiger partial charge in [0, 0.05) is 10.9 Å². The molecular formula is C18H27N3OS2. The van der Waals surface area contributed by atoms with E-state index in [1.165, 1.54) is 24.6 Å². The van der Waals surface area contributed by atoms with Crippen molar-refractivity contribution in [2.24, 2.45) is 11.8 Å². The Morgan fingerprint density at radius 3 is 2.62 bits per heavy atom. The van der Waals surface area contributed by atoms with Crippen LogP contribution >= 0.6 is 24.0 Å². The molecule has 0 aliphatic heterocycles. The van der Waals surface area contributed by atoms with E-state index in [1.807, 2.05) is 37.3 Å². The van der Waals surface area contributed by atoms with Crippen molar-refractivity contribution in [3.05, 3.63) is 30.3 Å². The van der Waals surface area contributed by atoms with Gasteiger partial charge in [-0.2, -0.15) is 0 Å². The number of carbonyl (C=O) groups excluding carboxylic acids is 1. The maximum Gasteiger partial charge on any atom is 0.251 e. The van der Waals surface area contributed by atoms with Crippen molar-refractivity contribution < 1.29 is 4.79 Å². The predicted molar refractivity (Wildman–Crippen MR) is 105 cm³/mol. The normalized spacial score (nSPS) is 24.7. The molecule has 1 amide bonds. The molecule has 4 atom stereocenters. The van der Waals surface area contributed by atoms with Crippen LogP contribution < -0.4 is 16.2 Å². The highest BCUT2D eigenvalue weighted by Crippen LogP contribution is 2.29. The molecule has 1 aliphatic rings. The molecule has 24 heavy (non-hydrogen) atoms. The van der Waals surface area contributed by atoms with Gasteiger partial charge < -0.3 is 5.32 Å². The van der Waals surface area contributed by atoms with Gasteiger partial charge in [-0.3, -0.25) is 15.6 Å². The van der Waals surface area contributed by atoms with Gasteiger partial charge >= 0.3 is 0 Å². The van der Waals surface area contributed by atoms with Crippen LogP contribution in [0, 0.1) is 11.8 Å². The monoisotopic (exact) mass is 365 g/mol. The second-order valence-corrected chi connectivity index (χ2v) is 8.36. The van der Waals surface area contributed by atoms with Crippen molar-refractivity contribution in [2.45, 2.75) is 56.2 Å². The molecule has 1 fully saturated rings. The number of hydrazine groups is 1. The molecule has 1 saturated carbocycles. The summed E-state index contributed by atoms with van der Waals surface area (Å²) in [5.74, 6) is 1.20. The lowest BCUT2D eigenvalue weighted by Gasteiger charge is -2.35. The van der Waals surface area contributed by atoms with Gasteiger partial charge in [0.25, 0.3) is 5.91 Å². The van der Waals surface area contributed by atoms with Gasteiger partial charge in [0.05, 0.1) is 5.25 Å². The standard InChI is InChI=1S/C18H27N3OS2/c1-12-8-7-11-16(13(12)2)19-18(23)21-20-17(22)14(3)24-15-9-5-4-6-10-15/h4-6,9-10,12-14,16H,7-8,11H2,1-3H3,(H,20,22)(H2,19,21,23)/t12-,13+,14+,16-/m0/s1. The summed E-state index contributed by atoms with van der Waals surface area (Å²) in [6.45, 7) is 6.44. The molecule has 0 bridgehead atoms. The van der Waals surface area contributed by atoms with Crippen LogP contribution in [0.25, 0.3) is 0 Å². The minimum Gasteiger partial charge on any atom is -0.358 e. The van der Waals surface area contributed by atoms with Crippen LogP contribution in [0.3, 0.4) is 0 Å². The van der Waals surface area contributed by atoms with E-state index in [0.717, 1.165) is 11.3 Å². The van der Waals surface area contributed by atoms with Crippen LogP contribution in [0.5, 0.6) is 0 Å². The van der Waals surface area contributed by atoms with E-state index in [1.54, 1.807) is 0 Å². The summed E-state index contributed by atoms with van der Waals surface area (Å²) in [6.07, 6.45) is 3.63. The lowest BCUT2D eigenvalue weighted by Crippen LogP contribution is -2.53. The number of thiocarbonyl (C=S) groups is 1. The Hall–Kier alpha value is -1.27. The lowest BCUT2D eigenvalue weighted by atomic mass is 9.78. The quantitative estimate of drug-likeness (QED) is 0.433. The van der Waals surface area contributed by atoms with Gasteiger partial charge in [-0.05, 0) is 49.5 Å². The second-order valence-electron chi connectivity index (χ2n) is 6.53. The maximum absolute atomic E-state index is 12.2. The highest BCUT2D eigenvalue weighted by atomic mass is 32.2. The first-order valence-corrected chi connectivity index (χ1v) is 9.84. The van der Waals surface area contributed by atoms with Crippen molar-refractivity contribution in [3.63, 3.8) is 0 Å². The number of nitrogens with one attached hydrogen (secondary N) is 3. The molecule has 132 valence electrons. The zero-order chi connectivity index (χ0) is 17.5. The van der Waals surface area contributed by atoms with Gasteiger partial charge in [0.15, 0.2) is 5.11 Å². The number of rotatable bonds is 4. The SMILES string of the molecule is C[C@H]1[C@@H](NC(=S)NNC(=O)[C@@H](C)Sc2ccccc2)CCC[C@@H]1C. The number of amides is 1. The number of hydrogen-bond acceptors (Lipinski definition) is 3. The van der Waals surface area contributed by atoms with Gasteiger partial charge in [-0.25, -0.2) is 0 Å². The number of thioether (sulfide) groups is 1. The van der Waals surface area contributed by atoms with E-state index < -0.39 is 0 Å². The fourth-order valence-electron chi connectivity index (χ4n) is 2.97. The third-order valence-electron chi connectivity index (χ3n) is 4.75. The largest absolute Gasteiger partial charge is 0.358 e. The molecule has 0 heterocycles. The predicted octanol–water partition coefficient (Wildman–Crippen LogP) is 3.49. The Bertz CT molecular complexity index is 552. The Balaban J connectivity index is 1.73. The molecule has 2 rings (SSSR count). The summed E-state index contributed by atoms with van der Waals surface area (Å²) in [7, 11) is 0. The first-order valence-electron chi connectivity index (χ1n) is 8.55. The van der Waals surface area contributed by atoms with Crippen LogP contribution in [0.4, 0.5) is 0 Å². The first-order chi connectivity index (χ1) is 11.5. The van der Waals surface area contributed by atoms with Crippen LogP contribution in [0.15, 0.2) is 35.2 Å². The molecule has 0 saturated heterocycles. The van der Waals surface area contributed by atoms with E-state index in [4.69, 9.17) is 12.2 Å². The van der Waals surface area contributed by atoms with Crippen LogP contribution in [0.2, 0.25) is 0 Å². The summed E-state index contributed by atoms with van der Waals surface area (Å²) < 4.78 is 0. The number of benzene rings is 1. The summed E-state index contributed by atoms with van der Waals surface area (Å²) in [4.78, 5) is 13.3. The third-order valence-corrected chi connectivity index (χ3v) is 6.08. The fourth-order valence-corrected chi connectivity index (χ4v) is 4.06. The van der Waals surface area contributed by atoms with Crippen molar-refractivity contribution in [2.75, 3.05) is 0 Å². The summed E-state index contributed by atoms with van der Waals surface area (Å²) in [5.41, 5.74) is 5.54. The smallest absolute Gasteiger partial charge is 0.251 e. The van der Waals surface area contributed by atoms with Crippen molar-refractivity contribution in [1.82, 2.24) is 16.2 Å². The third kappa shape index (κ3) is 5.67. The molecule has 0 unspecified atom stereocenters. The molecule has 0 spiro atoms. The summed E-state index contributed by atoms with van der Waals surface area (Å²) >= 11 is 6.84. The topological polar surface area (TPSA) is 53.2 Å². The maximum atomic E-state index is 12.2. The number of carbonyl (C=O) groups is 1. The number of hydrogen-bond donors (Lipinski definition) is 3. The average molecular weight is 366 g/mol. The zero-order valence-corrected chi connectivity index (χ0v) is 16.2. The Morgan fingerprint density at radius 2 is 1.92 bits per heavy atom. The van der Waals surface area contributed by atoms with E-state index in [2.05, 4.69) is 30.0 Å². The summed E-state index contributed by atoms with van der Waals surface area (Å²) in [5, 5.41) is 3.64. The van der Waals surface area contributed by atoms with Gasteiger partial charge in [-0.15, -0.1) is 11.8 Å². The van der Waals surface area contributed by atoms with Crippen LogP contribution in [-0.4, -0.2) is 22.3 Å². The van der Waals surface area contributed by atoms with E-state index >= 15 is 0 Å². The molecule has 3 N–H and O–H groups in total. The van der Waals surface area contributed by atoms with Crippen molar-refractivity contribution in [1.29, 1.82) is 0 Å². The van der Waals surface area contributed by atoms with Gasteiger partial charge in [0.2, 0.25) is 0 Å². The molecule has 1 aromatic carbocycles. The van der Waals surface area contributed by atoms with Gasteiger partial charge in [0.1, 0.15) is 0 Å². The molecule has 1 aliphatic carbocycles. The highest BCUT2D eigenvalue weighted by Gasteiger charge is 2.27. The Labute approximate surface area is 154 Å². The minimum absolute atomic E-state index is 0.0851. The van der Waals surface area contributed by atoms with E-state index in [-0.39, 0.29) is 11.2 Å². The average Bonchev–Trinajstić information content (AvgIpc) is 2.57. The molecule has 0 aromatic heterocycles. The van der Waals surface area contributed by atoms with Crippen LogP contribution in [-0.2, 0) is 4.79 Å². The van der Waals surface area contributed by atoms with Crippen molar-refractivity contribution >= 4 is 35.0 Å². The molecule has 6 heteroatoms.